The molecular weight excluding hydrogens is 488 g/mol. The molecule has 0 aromatic heterocycles. The van der Waals surface area contributed by atoms with Gasteiger partial charge in [0.05, 0.1) is 17.4 Å². The van der Waals surface area contributed by atoms with E-state index in [0.29, 0.717) is 0 Å². The molecule has 1 aliphatic rings. The number of rotatable bonds is 6. The highest BCUT2D eigenvalue weighted by Gasteiger charge is 2.67. The first kappa shape index (κ1) is 23.8. The SMILES string of the molecule is O=C(CCC(F)(F)F)c1cc(NC(=O)[C@H]2[C@H](c3ccc(F)c(F)c3)C2(Cl)Cl)ccc1Cl. The number of amides is 1. The minimum atomic E-state index is -4.50. The molecule has 0 bridgehead atoms. The van der Waals surface area contributed by atoms with Gasteiger partial charge in [0.1, 0.15) is 4.33 Å². The fourth-order valence-corrected chi connectivity index (χ4v) is 4.25. The van der Waals surface area contributed by atoms with Crippen LogP contribution in [0.4, 0.5) is 27.6 Å². The van der Waals surface area contributed by atoms with Crippen LogP contribution in [0.15, 0.2) is 36.4 Å². The van der Waals surface area contributed by atoms with Crippen molar-refractivity contribution in [3.63, 3.8) is 0 Å². The summed E-state index contributed by atoms with van der Waals surface area (Å²) in [5.41, 5.74) is 0.132. The predicted molar refractivity (Wildman–Crippen MR) is 107 cm³/mol. The van der Waals surface area contributed by atoms with E-state index in [4.69, 9.17) is 34.8 Å². The van der Waals surface area contributed by atoms with E-state index >= 15 is 0 Å². The van der Waals surface area contributed by atoms with Crippen LogP contribution < -0.4 is 5.32 Å². The molecule has 0 heterocycles. The average molecular weight is 501 g/mol. The Bertz CT molecular complexity index is 1040. The van der Waals surface area contributed by atoms with Gasteiger partial charge in [-0.05, 0) is 35.9 Å². The molecule has 2 aromatic carbocycles. The van der Waals surface area contributed by atoms with Crippen LogP contribution in [0, 0.1) is 17.6 Å². The van der Waals surface area contributed by atoms with Gasteiger partial charge in [0.15, 0.2) is 17.4 Å². The van der Waals surface area contributed by atoms with E-state index < -0.39 is 58.5 Å². The van der Waals surface area contributed by atoms with Crippen molar-refractivity contribution in [2.24, 2.45) is 5.92 Å². The van der Waals surface area contributed by atoms with Gasteiger partial charge in [-0.15, -0.1) is 23.2 Å². The van der Waals surface area contributed by atoms with Gasteiger partial charge in [-0.25, -0.2) is 8.78 Å². The Morgan fingerprint density at radius 3 is 2.32 bits per heavy atom. The molecule has 1 saturated carbocycles. The van der Waals surface area contributed by atoms with E-state index in [-0.39, 0.29) is 21.8 Å². The molecule has 1 fully saturated rings. The van der Waals surface area contributed by atoms with Crippen molar-refractivity contribution in [1.29, 1.82) is 0 Å². The minimum absolute atomic E-state index is 0.0692. The highest BCUT2D eigenvalue weighted by atomic mass is 35.5. The standard InChI is InChI=1S/C20H13Cl3F5NO2/c21-12-3-2-10(8-11(12)15(30)5-6-19(26,27)28)29-18(31)17-16(20(17,22)23)9-1-4-13(24)14(25)7-9/h1-4,7-8,16-17H,5-6H2,(H,29,31)/t16-,17+/m0/s1. The van der Waals surface area contributed by atoms with Crippen molar-refractivity contribution in [2.45, 2.75) is 29.3 Å². The zero-order valence-electron chi connectivity index (χ0n) is 15.4. The van der Waals surface area contributed by atoms with E-state index in [1.165, 1.54) is 18.2 Å². The van der Waals surface area contributed by atoms with Crippen molar-refractivity contribution >= 4 is 52.2 Å². The number of Topliss-reactive ketones (excluding diaryl/α,β-unsaturated/α-hetero) is 1. The zero-order chi connectivity index (χ0) is 23.1. The van der Waals surface area contributed by atoms with Crippen LogP contribution in [-0.4, -0.2) is 22.2 Å². The summed E-state index contributed by atoms with van der Waals surface area (Å²) in [7, 11) is 0. The normalized spacial score (nSPS) is 19.7. The van der Waals surface area contributed by atoms with E-state index in [1.54, 1.807) is 0 Å². The molecule has 0 unspecified atom stereocenters. The molecule has 0 aliphatic heterocycles. The molecule has 166 valence electrons. The van der Waals surface area contributed by atoms with Gasteiger partial charge in [-0.3, -0.25) is 9.59 Å². The van der Waals surface area contributed by atoms with Gasteiger partial charge >= 0.3 is 6.18 Å². The van der Waals surface area contributed by atoms with E-state index in [0.717, 1.165) is 18.2 Å². The second kappa shape index (κ2) is 8.56. The summed E-state index contributed by atoms with van der Waals surface area (Å²) in [6, 6.07) is 6.80. The van der Waals surface area contributed by atoms with Gasteiger partial charge in [-0.1, -0.05) is 17.7 Å². The van der Waals surface area contributed by atoms with E-state index in [1.807, 2.05) is 0 Å². The highest BCUT2D eigenvalue weighted by Crippen LogP contribution is 2.65. The Hall–Kier alpha value is -1.90. The summed E-state index contributed by atoms with van der Waals surface area (Å²) in [4.78, 5) is 24.7. The molecule has 2 atom stereocenters. The van der Waals surface area contributed by atoms with E-state index in [2.05, 4.69) is 5.32 Å². The summed E-state index contributed by atoms with van der Waals surface area (Å²) >= 11 is 18.2. The number of carbonyl (C=O) groups is 2. The molecule has 1 aliphatic carbocycles. The number of benzene rings is 2. The molecule has 0 radical (unpaired) electrons. The molecule has 31 heavy (non-hydrogen) atoms. The fraction of sp³-hybridized carbons (Fsp3) is 0.300. The number of anilines is 1. The van der Waals surface area contributed by atoms with Gasteiger partial charge in [-0.2, -0.15) is 13.2 Å². The van der Waals surface area contributed by atoms with Crippen LogP contribution in [0.1, 0.15) is 34.7 Å². The van der Waals surface area contributed by atoms with Crippen LogP contribution in [0.5, 0.6) is 0 Å². The Morgan fingerprint density at radius 1 is 1.03 bits per heavy atom. The third kappa shape index (κ3) is 5.30. The number of carbonyl (C=O) groups excluding carboxylic acids is 2. The predicted octanol–water partition coefficient (Wildman–Crippen LogP) is 6.67. The molecular formula is C20H13Cl3F5NO2. The largest absolute Gasteiger partial charge is 0.389 e. The Labute approximate surface area is 188 Å². The third-order valence-electron chi connectivity index (χ3n) is 4.81. The summed E-state index contributed by atoms with van der Waals surface area (Å²) in [5.74, 6) is -5.52. The first-order valence-electron chi connectivity index (χ1n) is 8.84. The van der Waals surface area contributed by atoms with Crippen molar-refractivity contribution in [1.82, 2.24) is 0 Å². The number of hydrogen-bond acceptors (Lipinski definition) is 2. The molecule has 3 nitrogen and oxygen atoms in total. The van der Waals surface area contributed by atoms with Crippen molar-refractivity contribution in [3.05, 3.63) is 64.2 Å². The minimum Gasteiger partial charge on any atom is -0.326 e. The van der Waals surface area contributed by atoms with Gasteiger partial charge in [0, 0.05) is 23.6 Å². The summed E-state index contributed by atoms with van der Waals surface area (Å²) in [6.07, 6.45) is -6.61. The quantitative estimate of drug-likeness (QED) is 0.274. The number of halogens is 8. The van der Waals surface area contributed by atoms with Crippen molar-refractivity contribution in [3.8, 4) is 0 Å². The second-order valence-electron chi connectivity index (χ2n) is 7.03. The van der Waals surface area contributed by atoms with Crippen LogP contribution in [-0.2, 0) is 4.79 Å². The molecule has 11 heteroatoms. The van der Waals surface area contributed by atoms with Gasteiger partial charge in [0.2, 0.25) is 5.91 Å². The van der Waals surface area contributed by atoms with Crippen LogP contribution in [0.2, 0.25) is 5.02 Å². The Morgan fingerprint density at radius 2 is 1.71 bits per heavy atom. The highest BCUT2D eigenvalue weighted by molar-refractivity contribution is 6.53. The maximum absolute atomic E-state index is 13.5. The molecule has 1 amide bonds. The van der Waals surface area contributed by atoms with Crippen LogP contribution in [0.3, 0.4) is 0 Å². The van der Waals surface area contributed by atoms with Crippen molar-refractivity contribution in [2.75, 3.05) is 5.32 Å². The number of nitrogens with one attached hydrogen (secondary N) is 1. The summed E-state index contributed by atoms with van der Waals surface area (Å²) in [6.45, 7) is 0. The maximum atomic E-state index is 13.5. The Balaban J connectivity index is 1.74. The molecule has 2 aromatic rings. The first-order chi connectivity index (χ1) is 14.3. The second-order valence-corrected chi connectivity index (χ2v) is 8.88. The molecule has 0 saturated heterocycles. The van der Waals surface area contributed by atoms with Crippen molar-refractivity contribution < 1.29 is 31.5 Å². The van der Waals surface area contributed by atoms with Crippen LogP contribution >= 0.6 is 34.8 Å². The lowest BCUT2D eigenvalue weighted by atomic mass is 10.1. The lowest BCUT2D eigenvalue weighted by Crippen LogP contribution is -2.17. The molecule has 3 rings (SSSR count). The van der Waals surface area contributed by atoms with Gasteiger partial charge < -0.3 is 5.32 Å². The topological polar surface area (TPSA) is 46.2 Å². The maximum Gasteiger partial charge on any atom is 0.389 e. The molecule has 1 N–H and O–H groups in total. The number of ketones is 1. The lowest BCUT2D eigenvalue weighted by Gasteiger charge is -2.10. The Kier molecular flexibility index (Phi) is 6.56. The summed E-state index contributed by atoms with van der Waals surface area (Å²) in [5, 5.41) is 2.40. The monoisotopic (exact) mass is 499 g/mol. The van der Waals surface area contributed by atoms with Gasteiger partial charge in [0.25, 0.3) is 0 Å². The smallest absolute Gasteiger partial charge is 0.326 e. The summed E-state index contributed by atoms with van der Waals surface area (Å²) < 4.78 is 62.2. The average Bonchev–Trinajstić information content (AvgIpc) is 3.25. The van der Waals surface area contributed by atoms with E-state index in [9.17, 15) is 31.5 Å². The zero-order valence-corrected chi connectivity index (χ0v) is 17.6. The molecule has 0 spiro atoms. The fourth-order valence-electron chi connectivity index (χ4n) is 3.20. The number of alkyl halides is 5. The third-order valence-corrected chi connectivity index (χ3v) is 6.08. The lowest BCUT2D eigenvalue weighted by molar-refractivity contribution is -0.133. The first-order valence-corrected chi connectivity index (χ1v) is 9.98. The van der Waals surface area contributed by atoms with Crippen LogP contribution in [0.25, 0.3) is 0 Å². The number of hydrogen-bond donors (Lipinski definition) is 1.